The van der Waals surface area contributed by atoms with Gasteiger partial charge in [0.05, 0.1) is 22.3 Å². The molecule has 0 bridgehead atoms. The van der Waals surface area contributed by atoms with Gasteiger partial charge in [0.1, 0.15) is 0 Å². The lowest BCUT2D eigenvalue weighted by atomic mass is 10.1. The van der Waals surface area contributed by atoms with Crippen molar-refractivity contribution < 1.29 is 4.42 Å². The SMILES string of the molecule is CCc1nnc(CSc2nc3ccccc3c(=O)n2-c2cc(C)ccc2C)o1. The fraction of sp³-hybridized carbons (Fsp3) is 0.238. The molecule has 0 aliphatic rings. The van der Waals surface area contributed by atoms with E-state index in [1.54, 1.807) is 4.57 Å². The molecule has 0 saturated heterocycles. The van der Waals surface area contributed by atoms with Gasteiger partial charge in [0.15, 0.2) is 5.16 Å². The summed E-state index contributed by atoms with van der Waals surface area (Å²) in [4.78, 5) is 18.1. The van der Waals surface area contributed by atoms with Crippen LogP contribution in [0.4, 0.5) is 0 Å². The zero-order chi connectivity index (χ0) is 19.7. The molecule has 6 nitrogen and oxygen atoms in total. The van der Waals surface area contributed by atoms with Crippen molar-refractivity contribution in [2.75, 3.05) is 0 Å². The number of thioether (sulfide) groups is 1. The van der Waals surface area contributed by atoms with E-state index >= 15 is 0 Å². The van der Waals surface area contributed by atoms with E-state index < -0.39 is 0 Å². The molecular formula is C21H20N4O2S. The number of para-hydroxylation sites is 1. The third-order valence-electron chi connectivity index (χ3n) is 4.49. The summed E-state index contributed by atoms with van der Waals surface area (Å²) in [6.45, 7) is 5.98. The third kappa shape index (κ3) is 3.45. The van der Waals surface area contributed by atoms with Gasteiger partial charge in [0.25, 0.3) is 5.56 Å². The Morgan fingerprint density at radius 2 is 1.86 bits per heavy atom. The summed E-state index contributed by atoms with van der Waals surface area (Å²) in [6, 6.07) is 13.5. The molecule has 0 atom stereocenters. The standard InChI is InChI=1S/C21H20N4O2S/c1-4-18-23-24-19(27-18)12-28-21-22-16-8-6-5-7-15(16)20(26)25(21)17-11-13(2)9-10-14(17)3/h5-11H,4,12H2,1-3H3. The number of fused-ring (bicyclic) bond motifs is 1. The number of hydrogen-bond donors (Lipinski definition) is 0. The first-order valence-electron chi connectivity index (χ1n) is 9.10. The van der Waals surface area contributed by atoms with E-state index in [1.807, 2.05) is 63.2 Å². The molecule has 4 aromatic rings. The molecule has 0 aliphatic carbocycles. The van der Waals surface area contributed by atoms with Crippen LogP contribution >= 0.6 is 11.8 Å². The van der Waals surface area contributed by atoms with Gasteiger partial charge in [-0.3, -0.25) is 9.36 Å². The van der Waals surface area contributed by atoms with Crippen molar-refractivity contribution in [1.82, 2.24) is 19.7 Å². The Kier molecular flexibility index (Phi) is 5.00. The van der Waals surface area contributed by atoms with Gasteiger partial charge in [-0.15, -0.1) is 10.2 Å². The molecule has 28 heavy (non-hydrogen) atoms. The summed E-state index contributed by atoms with van der Waals surface area (Å²) in [5.74, 6) is 1.58. The van der Waals surface area contributed by atoms with Crippen LogP contribution < -0.4 is 5.56 Å². The lowest BCUT2D eigenvalue weighted by Crippen LogP contribution is -2.22. The van der Waals surface area contributed by atoms with Crippen LogP contribution in [-0.2, 0) is 12.2 Å². The largest absolute Gasteiger partial charge is 0.424 e. The highest BCUT2D eigenvalue weighted by Crippen LogP contribution is 2.26. The number of hydrogen-bond acceptors (Lipinski definition) is 6. The van der Waals surface area contributed by atoms with Crippen LogP contribution in [0.25, 0.3) is 16.6 Å². The first-order chi connectivity index (χ1) is 13.6. The van der Waals surface area contributed by atoms with Gasteiger partial charge in [0.2, 0.25) is 11.8 Å². The second-order valence-corrected chi connectivity index (χ2v) is 7.52. The monoisotopic (exact) mass is 392 g/mol. The van der Waals surface area contributed by atoms with Gasteiger partial charge in [-0.2, -0.15) is 0 Å². The molecule has 0 fully saturated rings. The zero-order valence-corrected chi connectivity index (χ0v) is 16.8. The average Bonchev–Trinajstić information content (AvgIpc) is 3.17. The van der Waals surface area contributed by atoms with Crippen LogP contribution in [0.1, 0.15) is 29.8 Å². The number of aromatic nitrogens is 4. The Morgan fingerprint density at radius 3 is 2.64 bits per heavy atom. The van der Waals surface area contributed by atoms with Crippen LogP contribution in [-0.4, -0.2) is 19.7 Å². The molecule has 0 N–H and O–H groups in total. The summed E-state index contributed by atoms with van der Waals surface area (Å²) in [7, 11) is 0. The van der Waals surface area contributed by atoms with Crippen molar-refractivity contribution in [1.29, 1.82) is 0 Å². The summed E-state index contributed by atoms with van der Waals surface area (Å²) in [5, 5.41) is 9.27. The molecule has 0 saturated carbocycles. The topological polar surface area (TPSA) is 73.8 Å². The fourth-order valence-electron chi connectivity index (χ4n) is 3.00. The van der Waals surface area contributed by atoms with Crippen molar-refractivity contribution in [3.05, 3.63) is 75.7 Å². The molecule has 2 aromatic heterocycles. The minimum Gasteiger partial charge on any atom is -0.424 e. The van der Waals surface area contributed by atoms with Crippen molar-refractivity contribution in [3.63, 3.8) is 0 Å². The highest BCUT2D eigenvalue weighted by atomic mass is 32.2. The van der Waals surface area contributed by atoms with Crippen LogP contribution in [0.5, 0.6) is 0 Å². The Labute approximate surface area is 166 Å². The molecular weight excluding hydrogens is 372 g/mol. The molecule has 0 aliphatic heterocycles. The summed E-state index contributed by atoms with van der Waals surface area (Å²) in [5.41, 5.74) is 3.53. The highest BCUT2D eigenvalue weighted by molar-refractivity contribution is 7.98. The third-order valence-corrected chi connectivity index (χ3v) is 5.41. The second-order valence-electron chi connectivity index (χ2n) is 6.57. The Morgan fingerprint density at radius 1 is 1.07 bits per heavy atom. The van der Waals surface area contributed by atoms with Crippen molar-refractivity contribution in [3.8, 4) is 5.69 Å². The average molecular weight is 392 g/mol. The van der Waals surface area contributed by atoms with E-state index in [-0.39, 0.29) is 5.56 Å². The molecule has 0 spiro atoms. The maximum Gasteiger partial charge on any atom is 0.266 e. The Balaban J connectivity index is 1.85. The van der Waals surface area contributed by atoms with E-state index in [2.05, 4.69) is 10.2 Å². The quantitative estimate of drug-likeness (QED) is 0.374. The summed E-state index contributed by atoms with van der Waals surface area (Å²) in [6.07, 6.45) is 0.694. The highest BCUT2D eigenvalue weighted by Gasteiger charge is 2.16. The van der Waals surface area contributed by atoms with Gasteiger partial charge < -0.3 is 4.42 Å². The van der Waals surface area contributed by atoms with E-state index in [0.29, 0.717) is 40.0 Å². The van der Waals surface area contributed by atoms with Crippen LogP contribution in [0, 0.1) is 13.8 Å². The molecule has 0 radical (unpaired) electrons. The Bertz CT molecular complexity index is 1210. The van der Waals surface area contributed by atoms with E-state index in [9.17, 15) is 4.79 Å². The van der Waals surface area contributed by atoms with Gasteiger partial charge in [-0.25, -0.2) is 4.98 Å². The number of aryl methyl sites for hydroxylation is 3. The maximum atomic E-state index is 13.3. The molecule has 142 valence electrons. The number of nitrogens with zero attached hydrogens (tertiary/aromatic N) is 4. The number of rotatable bonds is 5. The van der Waals surface area contributed by atoms with Crippen molar-refractivity contribution in [2.24, 2.45) is 0 Å². The molecule has 4 rings (SSSR count). The Hall–Kier alpha value is -2.93. The van der Waals surface area contributed by atoms with Gasteiger partial charge in [0, 0.05) is 6.42 Å². The van der Waals surface area contributed by atoms with Crippen LogP contribution in [0.3, 0.4) is 0 Å². The minimum atomic E-state index is -0.0819. The fourth-order valence-corrected chi connectivity index (χ4v) is 3.84. The lowest BCUT2D eigenvalue weighted by Gasteiger charge is -2.15. The van der Waals surface area contributed by atoms with Crippen LogP contribution in [0.2, 0.25) is 0 Å². The summed E-state index contributed by atoms with van der Waals surface area (Å²) < 4.78 is 7.29. The first-order valence-corrected chi connectivity index (χ1v) is 10.1. The molecule has 2 heterocycles. The summed E-state index contributed by atoms with van der Waals surface area (Å²) >= 11 is 1.42. The molecule has 0 unspecified atom stereocenters. The van der Waals surface area contributed by atoms with Gasteiger partial charge in [-0.05, 0) is 43.2 Å². The minimum absolute atomic E-state index is 0.0819. The predicted octanol–water partition coefficient (Wildman–Crippen LogP) is 4.24. The predicted molar refractivity (Wildman–Crippen MR) is 110 cm³/mol. The van der Waals surface area contributed by atoms with Crippen LogP contribution in [0.15, 0.2) is 56.8 Å². The number of benzene rings is 2. The van der Waals surface area contributed by atoms with E-state index in [4.69, 9.17) is 9.40 Å². The molecule has 7 heteroatoms. The van der Waals surface area contributed by atoms with E-state index in [0.717, 1.165) is 16.8 Å². The van der Waals surface area contributed by atoms with Gasteiger partial charge >= 0.3 is 0 Å². The zero-order valence-electron chi connectivity index (χ0n) is 16.0. The van der Waals surface area contributed by atoms with Crippen molar-refractivity contribution >= 4 is 22.7 Å². The smallest absolute Gasteiger partial charge is 0.266 e. The van der Waals surface area contributed by atoms with Crippen molar-refractivity contribution in [2.45, 2.75) is 38.1 Å². The molecule has 2 aromatic carbocycles. The molecule has 0 amide bonds. The lowest BCUT2D eigenvalue weighted by molar-refractivity contribution is 0.469. The van der Waals surface area contributed by atoms with Gasteiger partial charge in [-0.1, -0.05) is 43.0 Å². The first kappa shape index (κ1) is 18.4. The second kappa shape index (κ2) is 7.59. The maximum absolute atomic E-state index is 13.3. The van der Waals surface area contributed by atoms with E-state index in [1.165, 1.54) is 11.8 Å². The normalized spacial score (nSPS) is 11.2.